The van der Waals surface area contributed by atoms with E-state index in [0.717, 1.165) is 6.07 Å². The van der Waals surface area contributed by atoms with E-state index < -0.39 is 35.7 Å². The lowest BCUT2D eigenvalue weighted by Crippen LogP contribution is -2.38. The number of alkyl halides is 1. The Morgan fingerprint density at radius 2 is 2.06 bits per heavy atom. The first-order valence-corrected chi connectivity index (χ1v) is 10.5. The number of carbonyl (C=O) groups is 2. The third kappa shape index (κ3) is 4.09. The number of carboxylic acids is 1. The summed E-state index contributed by atoms with van der Waals surface area (Å²) in [5, 5.41) is 20.2. The molecular formula is C23H24F2N2O6. The van der Waals surface area contributed by atoms with Crippen molar-refractivity contribution in [2.45, 2.75) is 44.3 Å². The Morgan fingerprint density at radius 3 is 2.70 bits per heavy atom. The molecule has 2 aliphatic rings. The van der Waals surface area contributed by atoms with Crippen LogP contribution in [-0.2, 0) is 16.0 Å². The second kappa shape index (κ2) is 8.77. The largest absolute Gasteiger partial charge is 0.477 e. The number of carboxylic acid groups (broad SMARTS) is 1. The number of rotatable bonds is 6. The van der Waals surface area contributed by atoms with Crippen LogP contribution in [0.2, 0.25) is 0 Å². The van der Waals surface area contributed by atoms with Crippen LogP contribution in [0.4, 0.5) is 8.78 Å². The molecule has 1 amide bonds. The van der Waals surface area contributed by atoms with E-state index in [-0.39, 0.29) is 60.5 Å². The Balaban J connectivity index is 1.70. The maximum atomic E-state index is 15.3. The number of aliphatic hydroxyl groups is 1. The highest BCUT2D eigenvalue weighted by Crippen LogP contribution is 2.42. The van der Waals surface area contributed by atoms with Gasteiger partial charge in [-0.3, -0.25) is 4.79 Å². The number of benzene rings is 1. The van der Waals surface area contributed by atoms with Gasteiger partial charge in [0.2, 0.25) is 0 Å². The number of ether oxygens (including phenoxy) is 2. The van der Waals surface area contributed by atoms with Gasteiger partial charge in [-0.1, -0.05) is 6.07 Å². The fourth-order valence-corrected chi connectivity index (χ4v) is 4.41. The summed E-state index contributed by atoms with van der Waals surface area (Å²) in [5.41, 5.74) is -1.63. The highest BCUT2D eigenvalue weighted by Gasteiger charge is 2.44. The van der Waals surface area contributed by atoms with Crippen LogP contribution in [0, 0.1) is 12.7 Å². The van der Waals surface area contributed by atoms with Gasteiger partial charge < -0.3 is 24.6 Å². The molecule has 0 spiro atoms. The molecule has 2 N–H and O–H groups in total. The van der Waals surface area contributed by atoms with E-state index in [1.165, 1.54) is 24.1 Å². The standard InChI is InChI=1S/C23H24F2N2O6/c1-12-3-4-13(18(26-12)22(30)31)11-27-20(29)15-9-14(10-16(24)17(15)21(27)32-2)19(28)23(25)5-7-33-8-6-23/h3-4,9-10,19,21,28H,5-8,11H2,1-2H3,(H,30,31). The fraction of sp³-hybridized carbons (Fsp3) is 0.435. The van der Waals surface area contributed by atoms with Gasteiger partial charge in [-0.25, -0.2) is 18.6 Å². The van der Waals surface area contributed by atoms with Gasteiger partial charge in [0.15, 0.2) is 11.9 Å². The van der Waals surface area contributed by atoms with E-state index in [4.69, 9.17) is 9.47 Å². The molecule has 2 aromatic rings. The third-order valence-corrected chi connectivity index (χ3v) is 6.19. The minimum absolute atomic E-state index is 0.0460. The van der Waals surface area contributed by atoms with Gasteiger partial charge >= 0.3 is 5.97 Å². The molecule has 176 valence electrons. The first kappa shape index (κ1) is 23.2. The van der Waals surface area contributed by atoms with Crippen LogP contribution < -0.4 is 0 Å². The van der Waals surface area contributed by atoms with Crippen molar-refractivity contribution in [3.05, 3.63) is 63.7 Å². The molecule has 1 aromatic carbocycles. The second-order valence-corrected chi connectivity index (χ2v) is 8.30. The molecule has 0 bridgehead atoms. The van der Waals surface area contributed by atoms with E-state index in [1.54, 1.807) is 13.0 Å². The van der Waals surface area contributed by atoms with Gasteiger partial charge in [0, 0.05) is 50.0 Å². The summed E-state index contributed by atoms with van der Waals surface area (Å²) in [7, 11) is 1.30. The van der Waals surface area contributed by atoms with Crippen molar-refractivity contribution in [2.24, 2.45) is 0 Å². The molecule has 10 heteroatoms. The van der Waals surface area contributed by atoms with Crippen molar-refractivity contribution in [1.29, 1.82) is 0 Å². The van der Waals surface area contributed by atoms with E-state index in [0.29, 0.717) is 5.69 Å². The van der Waals surface area contributed by atoms with Gasteiger partial charge in [0.1, 0.15) is 17.6 Å². The molecule has 2 unspecified atom stereocenters. The number of amides is 1. The van der Waals surface area contributed by atoms with Crippen LogP contribution in [0.3, 0.4) is 0 Å². The second-order valence-electron chi connectivity index (χ2n) is 8.30. The maximum absolute atomic E-state index is 15.3. The van der Waals surface area contributed by atoms with Crippen molar-refractivity contribution >= 4 is 11.9 Å². The number of aromatic carboxylic acids is 1. The number of nitrogens with zero attached hydrogens (tertiary/aromatic N) is 2. The number of methoxy groups -OCH3 is 1. The Kier molecular flexibility index (Phi) is 6.17. The zero-order valence-electron chi connectivity index (χ0n) is 18.2. The van der Waals surface area contributed by atoms with Crippen molar-refractivity contribution < 1.29 is 38.1 Å². The van der Waals surface area contributed by atoms with Gasteiger partial charge in [0.25, 0.3) is 5.91 Å². The predicted octanol–water partition coefficient (Wildman–Crippen LogP) is 3.08. The van der Waals surface area contributed by atoms with Gasteiger partial charge in [-0.05, 0) is 30.7 Å². The number of hydrogen-bond donors (Lipinski definition) is 2. The molecule has 1 fully saturated rings. The van der Waals surface area contributed by atoms with Crippen molar-refractivity contribution in [1.82, 2.24) is 9.88 Å². The normalized spacial score (nSPS) is 20.6. The van der Waals surface area contributed by atoms with E-state index in [1.807, 2.05) is 0 Å². The predicted molar refractivity (Wildman–Crippen MR) is 111 cm³/mol. The maximum Gasteiger partial charge on any atom is 0.354 e. The Bertz CT molecular complexity index is 1100. The quantitative estimate of drug-likeness (QED) is 0.679. The Hall–Kier alpha value is -2.95. The lowest BCUT2D eigenvalue weighted by atomic mass is 9.85. The van der Waals surface area contributed by atoms with Crippen LogP contribution >= 0.6 is 0 Å². The number of hydrogen-bond acceptors (Lipinski definition) is 6. The molecule has 0 aliphatic carbocycles. The first-order valence-electron chi connectivity index (χ1n) is 10.5. The number of aromatic nitrogens is 1. The van der Waals surface area contributed by atoms with Gasteiger partial charge in [-0.15, -0.1) is 0 Å². The van der Waals surface area contributed by atoms with Crippen LogP contribution in [-0.4, -0.2) is 58.0 Å². The van der Waals surface area contributed by atoms with E-state index >= 15 is 8.78 Å². The molecule has 3 heterocycles. The summed E-state index contributed by atoms with van der Waals surface area (Å²) in [6.45, 7) is 1.72. The smallest absolute Gasteiger partial charge is 0.354 e. The van der Waals surface area contributed by atoms with Crippen LogP contribution in [0.25, 0.3) is 0 Å². The number of pyridine rings is 1. The topological polar surface area (TPSA) is 109 Å². The Labute approximate surface area is 188 Å². The SMILES string of the molecule is COC1c2c(F)cc(C(O)C3(F)CCOCC3)cc2C(=O)N1Cc1ccc(C)nc1C(=O)O. The highest BCUT2D eigenvalue weighted by molar-refractivity contribution is 5.99. The summed E-state index contributed by atoms with van der Waals surface area (Å²) >= 11 is 0. The highest BCUT2D eigenvalue weighted by atomic mass is 19.1. The Morgan fingerprint density at radius 1 is 1.36 bits per heavy atom. The fourth-order valence-electron chi connectivity index (χ4n) is 4.41. The molecule has 33 heavy (non-hydrogen) atoms. The van der Waals surface area contributed by atoms with E-state index in [9.17, 15) is 19.8 Å². The van der Waals surface area contributed by atoms with Crippen molar-refractivity contribution in [3.63, 3.8) is 0 Å². The molecule has 0 radical (unpaired) electrons. The molecule has 8 nitrogen and oxygen atoms in total. The first-order chi connectivity index (χ1) is 15.7. The summed E-state index contributed by atoms with van der Waals surface area (Å²) in [6, 6.07) is 5.44. The minimum atomic E-state index is -2.00. The van der Waals surface area contributed by atoms with Crippen molar-refractivity contribution in [3.8, 4) is 0 Å². The molecule has 2 atom stereocenters. The van der Waals surface area contributed by atoms with Crippen LogP contribution in [0.15, 0.2) is 24.3 Å². The number of aliphatic hydroxyl groups excluding tert-OH is 1. The molecule has 2 aliphatic heterocycles. The summed E-state index contributed by atoms with van der Waals surface area (Å²) in [4.78, 5) is 30.0. The minimum Gasteiger partial charge on any atom is -0.477 e. The van der Waals surface area contributed by atoms with E-state index in [2.05, 4.69) is 4.98 Å². The van der Waals surface area contributed by atoms with Crippen LogP contribution in [0.1, 0.15) is 68.4 Å². The lowest BCUT2D eigenvalue weighted by Gasteiger charge is -2.34. The third-order valence-electron chi connectivity index (χ3n) is 6.19. The number of halogens is 2. The van der Waals surface area contributed by atoms with Crippen molar-refractivity contribution in [2.75, 3.05) is 20.3 Å². The van der Waals surface area contributed by atoms with Gasteiger partial charge in [0.05, 0.1) is 12.1 Å². The molecular weight excluding hydrogens is 438 g/mol. The number of carbonyl (C=O) groups excluding carboxylic acids is 1. The monoisotopic (exact) mass is 462 g/mol. The summed E-state index contributed by atoms with van der Waals surface area (Å²) in [5.74, 6) is -2.70. The molecule has 0 saturated carbocycles. The average Bonchev–Trinajstić information content (AvgIpc) is 3.06. The zero-order valence-corrected chi connectivity index (χ0v) is 18.2. The molecule has 1 aromatic heterocycles. The summed E-state index contributed by atoms with van der Waals surface area (Å²) in [6.07, 6.45) is -2.86. The number of aryl methyl sites for hydroxylation is 1. The number of fused-ring (bicyclic) bond motifs is 1. The zero-order chi connectivity index (χ0) is 23.9. The molecule has 4 rings (SSSR count). The summed E-state index contributed by atoms with van der Waals surface area (Å²) < 4.78 is 40.9. The van der Waals surface area contributed by atoms with Gasteiger partial charge in [-0.2, -0.15) is 0 Å². The lowest BCUT2D eigenvalue weighted by molar-refractivity contribution is -0.0832. The average molecular weight is 462 g/mol. The molecule has 1 saturated heterocycles. The van der Waals surface area contributed by atoms with Crippen LogP contribution in [0.5, 0.6) is 0 Å².